The fourth-order valence-corrected chi connectivity index (χ4v) is 4.99. The molecule has 0 spiro atoms. The Labute approximate surface area is 181 Å². The van der Waals surface area contributed by atoms with Gasteiger partial charge in [-0.25, -0.2) is 8.42 Å². The predicted octanol–water partition coefficient (Wildman–Crippen LogP) is 3.82. The molecule has 7 heteroatoms. The first-order valence-corrected chi connectivity index (χ1v) is 11.3. The Bertz CT molecular complexity index is 1240. The molecule has 156 valence electrons. The minimum absolute atomic E-state index is 0.0683. The minimum Gasteiger partial charge on any atom is -0.350 e. The van der Waals surface area contributed by atoms with Crippen molar-refractivity contribution < 1.29 is 13.2 Å². The molecular weight excluding hydrogens is 410 g/mol. The normalized spacial score (nSPS) is 12.3. The largest absolute Gasteiger partial charge is 0.350 e. The standard InChI is InChI=1S/C24H21N3O3S/c28-24(19-10-12-21(13-11-19)27-15-4-5-16-27)26-18-23(20-7-6-14-25-17-20)31(29,30)22-8-2-1-3-9-22/h1-17,23H,18H2,(H,26,28)/t23-/m0/s1. The average Bonchev–Trinajstić information content (AvgIpc) is 3.35. The maximum Gasteiger partial charge on any atom is 0.251 e. The zero-order valence-electron chi connectivity index (χ0n) is 16.6. The molecule has 1 N–H and O–H groups in total. The molecule has 2 aromatic carbocycles. The number of amides is 1. The molecule has 0 radical (unpaired) electrons. The summed E-state index contributed by atoms with van der Waals surface area (Å²) in [7, 11) is -3.73. The molecule has 1 atom stereocenters. The van der Waals surface area contributed by atoms with E-state index in [1.807, 2.05) is 41.2 Å². The van der Waals surface area contributed by atoms with Gasteiger partial charge in [-0.05, 0) is 60.2 Å². The second-order valence-corrected chi connectivity index (χ2v) is 9.11. The second-order valence-electron chi connectivity index (χ2n) is 6.98. The van der Waals surface area contributed by atoms with Crippen LogP contribution >= 0.6 is 0 Å². The van der Waals surface area contributed by atoms with Crippen LogP contribution in [-0.2, 0) is 9.84 Å². The summed E-state index contributed by atoms with van der Waals surface area (Å²) in [6.45, 7) is -0.0683. The van der Waals surface area contributed by atoms with Gasteiger partial charge in [0.2, 0.25) is 0 Å². The fourth-order valence-electron chi connectivity index (χ4n) is 3.33. The van der Waals surface area contributed by atoms with Crippen molar-refractivity contribution >= 4 is 15.7 Å². The number of hydrogen-bond donors (Lipinski definition) is 1. The van der Waals surface area contributed by atoms with Crippen LogP contribution in [0.4, 0.5) is 0 Å². The number of pyridine rings is 1. The third-order valence-corrected chi connectivity index (χ3v) is 7.10. The van der Waals surface area contributed by atoms with Crippen LogP contribution in [0.5, 0.6) is 0 Å². The van der Waals surface area contributed by atoms with Crippen LogP contribution in [0.1, 0.15) is 21.2 Å². The van der Waals surface area contributed by atoms with Gasteiger partial charge in [0.1, 0.15) is 5.25 Å². The van der Waals surface area contributed by atoms with Crippen molar-refractivity contribution in [1.29, 1.82) is 0 Å². The van der Waals surface area contributed by atoms with E-state index in [2.05, 4.69) is 10.3 Å². The van der Waals surface area contributed by atoms with Crippen molar-refractivity contribution in [2.75, 3.05) is 6.54 Å². The van der Waals surface area contributed by atoms with Crippen LogP contribution in [0, 0.1) is 0 Å². The maximum absolute atomic E-state index is 13.3. The Kier molecular flexibility index (Phi) is 5.95. The highest BCUT2D eigenvalue weighted by molar-refractivity contribution is 7.91. The minimum atomic E-state index is -3.73. The molecular formula is C24H21N3O3S. The quantitative estimate of drug-likeness (QED) is 0.482. The topological polar surface area (TPSA) is 81.1 Å². The molecule has 0 aliphatic carbocycles. The van der Waals surface area contributed by atoms with Crippen LogP contribution in [0.2, 0.25) is 0 Å². The van der Waals surface area contributed by atoms with Gasteiger partial charge in [-0.3, -0.25) is 9.78 Å². The van der Waals surface area contributed by atoms with Crippen LogP contribution < -0.4 is 5.32 Å². The lowest BCUT2D eigenvalue weighted by Crippen LogP contribution is -2.32. The lowest BCUT2D eigenvalue weighted by molar-refractivity contribution is 0.0953. The molecule has 0 fully saturated rings. The number of rotatable bonds is 7. The van der Waals surface area contributed by atoms with E-state index in [0.29, 0.717) is 11.1 Å². The van der Waals surface area contributed by atoms with Gasteiger partial charge in [0, 0.05) is 42.6 Å². The molecule has 4 aromatic rings. The zero-order valence-corrected chi connectivity index (χ0v) is 17.4. The van der Waals surface area contributed by atoms with Crippen molar-refractivity contribution in [3.8, 4) is 5.69 Å². The molecule has 1 amide bonds. The highest BCUT2D eigenvalue weighted by Crippen LogP contribution is 2.28. The summed E-state index contributed by atoms with van der Waals surface area (Å²) in [5.74, 6) is -0.337. The van der Waals surface area contributed by atoms with E-state index >= 15 is 0 Å². The molecule has 0 bridgehead atoms. The number of benzene rings is 2. The third kappa shape index (κ3) is 4.57. The molecule has 31 heavy (non-hydrogen) atoms. The third-order valence-electron chi connectivity index (χ3n) is 4.98. The lowest BCUT2D eigenvalue weighted by atomic mass is 10.1. The fraction of sp³-hybridized carbons (Fsp3) is 0.0833. The van der Waals surface area contributed by atoms with E-state index in [4.69, 9.17) is 0 Å². The number of hydrogen-bond acceptors (Lipinski definition) is 4. The van der Waals surface area contributed by atoms with E-state index < -0.39 is 15.1 Å². The van der Waals surface area contributed by atoms with Gasteiger partial charge in [-0.1, -0.05) is 24.3 Å². The van der Waals surface area contributed by atoms with Crippen molar-refractivity contribution in [1.82, 2.24) is 14.9 Å². The smallest absolute Gasteiger partial charge is 0.251 e. The van der Waals surface area contributed by atoms with Gasteiger partial charge < -0.3 is 9.88 Å². The van der Waals surface area contributed by atoms with Gasteiger partial charge in [-0.2, -0.15) is 0 Å². The Morgan fingerprint density at radius 1 is 0.903 bits per heavy atom. The number of sulfone groups is 1. The molecule has 2 aromatic heterocycles. The first-order chi connectivity index (χ1) is 15.1. The molecule has 0 aliphatic rings. The van der Waals surface area contributed by atoms with Gasteiger partial charge in [0.05, 0.1) is 4.90 Å². The average molecular weight is 432 g/mol. The summed E-state index contributed by atoms with van der Waals surface area (Å²) in [5.41, 5.74) is 1.91. The van der Waals surface area contributed by atoms with Gasteiger partial charge in [0.15, 0.2) is 9.84 Å². The molecule has 4 rings (SSSR count). The number of nitrogens with zero attached hydrogens (tertiary/aromatic N) is 2. The van der Waals surface area contributed by atoms with Crippen molar-refractivity contribution in [2.24, 2.45) is 0 Å². The van der Waals surface area contributed by atoms with Gasteiger partial charge in [0.25, 0.3) is 5.91 Å². The molecule has 0 saturated heterocycles. The van der Waals surface area contributed by atoms with Crippen LogP contribution in [-0.4, -0.2) is 30.4 Å². The Morgan fingerprint density at radius 2 is 1.61 bits per heavy atom. The Hall–Kier alpha value is -3.71. The Morgan fingerprint density at radius 3 is 2.26 bits per heavy atom. The molecule has 0 aliphatic heterocycles. The number of nitrogens with one attached hydrogen (secondary N) is 1. The number of carbonyl (C=O) groups is 1. The van der Waals surface area contributed by atoms with E-state index in [9.17, 15) is 13.2 Å². The number of aromatic nitrogens is 2. The summed E-state index contributed by atoms with van der Waals surface area (Å²) in [4.78, 5) is 17.0. The number of carbonyl (C=O) groups excluding carboxylic acids is 1. The maximum atomic E-state index is 13.3. The van der Waals surface area contributed by atoms with E-state index in [0.717, 1.165) is 5.69 Å². The SMILES string of the molecule is O=C(NC[C@@H](c1cccnc1)S(=O)(=O)c1ccccc1)c1ccc(-n2cccc2)cc1. The summed E-state index contributed by atoms with van der Waals surface area (Å²) in [6, 6.07) is 22.6. The van der Waals surface area contributed by atoms with Gasteiger partial charge in [-0.15, -0.1) is 0 Å². The first-order valence-electron chi connectivity index (χ1n) is 9.76. The van der Waals surface area contributed by atoms with Crippen molar-refractivity contribution in [3.63, 3.8) is 0 Å². The van der Waals surface area contributed by atoms with Crippen LogP contribution in [0.25, 0.3) is 5.69 Å². The molecule has 6 nitrogen and oxygen atoms in total. The molecule has 2 heterocycles. The van der Waals surface area contributed by atoms with E-state index in [1.54, 1.807) is 60.8 Å². The molecule has 0 saturated carbocycles. The monoisotopic (exact) mass is 431 g/mol. The van der Waals surface area contributed by atoms with E-state index in [-0.39, 0.29) is 17.3 Å². The van der Waals surface area contributed by atoms with Crippen molar-refractivity contribution in [2.45, 2.75) is 10.1 Å². The van der Waals surface area contributed by atoms with Crippen LogP contribution in [0.3, 0.4) is 0 Å². The predicted molar refractivity (Wildman–Crippen MR) is 119 cm³/mol. The van der Waals surface area contributed by atoms with Crippen molar-refractivity contribution in [3.05, 3.63) is 115 Å². The Balaban J connectivity index is 1.55. The van der Waals surface area contributed by atoms with E-state index in [1.165, 1.54) is 6.20 Å². The summed E-state index contributed by atoms with van der Waals surface area (Å²) in [5, 5.41) is 1.82. The summed E-state index contributed by atoms with van der Waals surface area (Å²) < 4.78 is 28.5. The van der Waals surface area contributed by atoms with Gasteiger partial charge >= 0.3 is 0 Å². The second kappa shape index (κ2) is 8.97. The highest BCUT2D eigenvalue weighted by atomic mass is 32.2. The van der Waals surface area contributed by atoms with Crippen LogP contribution in [0.15, 0.2) is 109 Å². The zero-order chi connectivity index (χ0) is 21.7. The summed E-state index contributed by atoms with van der Waals surface area (Å²) in [6.07, 6.45) is 6.94. The first kappa shape index (κ1) is 20.6. The lowest BCUT2D eigenvalue weighted by Gasteiger charge is -2.19. The summed E-state index contributed by atoms with van der Waals surface area (Å²) >= 11 is 0. The highest BCUT2D eigenvalue weighted by Gasteiger charge is 2.29. The molecule has 0 unspecified atom stereocenters.